The Morgan fingerprint density at radius 1 is 1.72 bits per heavy atom. The topological polar surface area (TPSA) is 84.3 Å². The molecular formula is C10H15N3O3S2. The molecule has 1 aliphatic heterocycles. The van der Waals surface area contributed by atoms with Crippen molar-refractivity contribution >= 4 is 34.2 Å². The standard InChI is InChI=1S/C10H15N3O3S2/c1-6(7-2-3-16-4-7)11-9-12-13-10(18-9)17-5-8(14)15/h6-7H,2-5H2,1H3,(H,11,12)(H,14,15). The lowest BCUT2D eigenvalue weighted by Crippen LogP contribution is -2.25. The molecule has 1 saturated heterocycles. The van der Waals surface area contributed by atoms with Crippen LogP contribution in [0.1, 0.15) is 13.3 Å². The Bertz CT molecular complexity index is 407. The minimum atomic E-state index is -0.846. The zero-order valence-corrected chi connectivity index (χ0v) is 11.6. The number of carboxylic acids is 1. The number of hydrogen-bond acceptors (Lipinski definition) is 7. The highest BCUT2D eigenvalue weighted by atomic mass is 32.2. The van der Waals surface area contributed by atoms with Gasteiger partial charge in [0.1, 0.15) is 0 Å². The van der Waals surface area contributed by atoms with Crippen LogP contribution in [0.3, 0.4) is 0 Å². The zero-order chi connectivity index (χ0) is 13.0. The molecule has 0 saturated carbocycles. The smallest absolute Gasteiger partial charge is 0.313 e. The molecule has 18 heavy (non-hydrogen) atoms. The van der Waals surface area contributed by atoms with E-state index in [1.54, 1.807) is 0 Å². The van der Waals surface area contributed by atoms with E-state index >= 15 is 0 Å². The molecule has 2 N–H and O–H groups in total. The maximum atomic E-state index is 10.4. The first-order valence-electron chi connectivity index (χ1n) is 5.67. The van der Waals surface area contributed by atoms with E-state index in [9.17, 15) is 4.79 Å². The fourth-order valence-corrected chi connectivity index (χ4v) is 3.28. The average molecular weight is 289 g/mol. The Labute approximate surface area is 113 Å². The van der Waals surface area contributed by atoms with Gasteiger partial charge in [-0.25, -0.2) is 0 Å². The van der Waals surface area contributed by atoms with Gasteiger partial charge in [-0.3, -0.25) is 4.79 Å². The predicted molar refractivity (Wildman–Crippen MR) is 70.3 cm³/mol. The number of aromatic nitrogens is 2. The summed E-state index contributed by atoms with van der Waals surface area (Å²) in [5.41, 5.74) is 0. The van der Waals surface area contributed by atoms with Crippen LogP contribution in [-0.2, 0) is 9.53 Å². The van der Waals surface area contributed by atoms with Crippen molar-refractivity contribution < 1.29 is 14.6 Å². The third-order valence-electron chi connectivity index (χ3n) is 2.75. The van der Waals surface area contributed by atoms with Crippen LogP contribution in [0, 0.1) is 5.92 Å². The van der Waals surface area contributed by atoms with Crippen LogP contribution in [0.15, 0.2) is 4.34 Å². The molecule has 100 valence electrons. The van der Waals surface area contributed by atoms with Crippen molar-refractivity contribution in [3.8, 4) is 0 Å². The molecule has 0 radical (unpaired) electrons. The zero-order valence-electron chi connectivity index (χ0n) is 9.96. The van der Waals surface area contributed by atoms with Crippen LogP contribution >= 0.6 is 23.1 Å². The molecule has 8 heteroatoms. The van der Waals surface area contributed by atoms with E-state index in [1.165, 1.54) is 23.1 Å². The van der Waals surface area contributed by atoms with Gasteiger partial charge in [0.2, 0.25) is 5.13 Å². The third kappa shape index (κ3) is 3.82. The van der Waals surface area contributed by atoms with Gasteiger partial charge in [0.25, 0.3) is 0 Å². The summed E-state index contributed by atoms with van der Waals surface area (Å²) in [6, 6.07) is 0.290. The predicted octanol–water partition coefficient (Wildman–Crippen LogP) is 1.55. The van der Waals surface area contributed by atoms with Crippen LogP contribution in [0.25, 0.3) is 0 Å². The molecule has 1 aromatic heterocycles. The van der Waals surface area contributed by atoms with Gasteiger partial charge in [-0.15, -0.1) is 10.2 Å². The molecule has 6 nitrogen and oxygen atoms in total. The summed E-state index contributed by atoms with van der Waals surface area (Å²) in [5.74, 6) is -0.328. The highest BCUT2D eigenvalue weighted by Gasteiger charge is 2.23. The minimum absolute atomic E-state index is 0.0145. The number of anilines is 1. The van der Waals surface area contributed by atoms with Crippen molar-refractivity contribution in [1.82, 2.24) is 10.2 Å². The normalized spacial score (nSPS) is 20.8. The van der Waals surface area contributed by atoms with E-state index in [2.05, 4.69) is 22.4 Å². The SMILES string of the molecule is CC(Nc1nnc(SCC(=O)O)s1)C1CCOC1. The Kier molecular flexibility index (Phi) is 4.79. The monoisotopic (exact) mass is 289 g/mol. The van der Waals surface area contributed by atoms with Crippen LogP contribution in [0.4, 0.5) is 5.13 Å². The fourth-order valence-electron chi connectivity index (χ4n) is 1.71. The quantitative estimate of drug-likeness (QED) is 0.769. The molecule has 0 aromatic carbocycles. The molecule has 0 amide bonds. The highest BCUT2D eigenvalue weighted by Crippen LogP contribution is 2.27. The summed E-state index contributed by atoms with van der Waals surface area (Å²) >= 11 is 2.58. The number of ether oxygens (including phenoxy) is 1. The van der Waals surface area contributed by atoms with E-state index in [-0.39, 0.29) is 11.8 Å². The van der Waals surface area contributed by atoms with E-state index in [0.29, 0.717) is 10.3 Å². The van der Waals surface area contributed by atoms with E-state index in [4.69, 9.17) is 9.84 Å². The molecule has 0 bridgehead atoms. The van der Waals surface area contributed by atoms with Gasteiger partial charge >= 0.3 is 5.97 Å². The number of carbonyl (C=O) groups is 1. The minimum Gasteiger partial charge on any atom is -0.481 e. The summed E-state index contributed by atoms with van der Waals surface area (Å²) in [7, 11) is 0. The largest absolute Gasteiger partial charge is 0.481 e. The van der Waals surface area contributed by atoms with Crippen molar-refractivity contribution in [3.63, 3.8) is 0 Å². The molecule has 1 aliphatic rings. The maximum absolute atomic E-state index is 10.4. The first kappa shape index (κ1) is 13.6. The summed E-state index contributed by atoms with van der Waals surface area (Å²) in [6.45, 7) is 3.71. The van der Waals surface area contributed by atoms with Crippen LogP contribution in [-0.4, -0.2) is 46.3 Å². The van der Waals surface area contributed by atoms with Gasteiger partial charge in [0.15, 0.2) is 4.34 Å². The second-order valence-electron chi connectivity index (χ2n) is 4.11. The van der Waals surface area contributed by atoms with Crippen LogP contribution < -0.4 is 5.32 Å². The van der Waals surface area contributed by atoms with Gasteiger partial charge in [-0.1, -0.05) is 23.1 Å². The van der Waals surface area contributed by atoms with Crippen molar-refractivity contribution in [2.75, 3.05) is 24.3 Å². The van der Waals surface area contributed by atoms with Crippen molar-refractivity contribution in [2.45, 2.75) is 23.7 Å². The lowest BCUT2D eigenvalue weighted by atomic mass is 10.0. The maximum Gasteiger partial charge on any atom is 0.313 e. The first-order valence-corrected chi connectivity index (χ1v) is 7.47. The van der Waals surface area contributed by atoms with Crippen molar-refractivity contribution in [1.29, 1.82) is 0 Å². The number of hydrogen-bond donors (Lipinski definition) is 2. The first-order chi connectivity index (χ1) is 8.65. The average Bonchev–Trinajstić information content (AvgIpc) is 2.97. The Balaban J connectivity index is 1.83. The summed E-state index contributed by atoms with van der Waals surface area (Å²) < 4.78 is 6.02. The number of nitrogens with one attached hydrogen (secondary N) is 1. The van der Waals surface area contributed by atoms with Gasteiger partial charge in [0, 0.05) is 18.6 Å². The highest BCUT2D eigenvalue weighted by molar-refractivity contribution is 8.01. The molecule has 0 aliphatic carbocycles. The summed E-state index contributed by atoms with van der Waals surface area (Å²) in [6.07, 6.45) is 1.06. The molecule has 2 rings (SSSR count). The second kappa shape index (κ2) is 6.35. The molecule has 1 aromatic rings. The van der Waals surface area contributed by atoms with Crippen LogP contribution in [0.2, 0.25) is 0 Å². The molecule has 2 heterocycles. The van der Waals surface area contributed by atoms with Gasteiger partial charge in [-0.05, 0) is 13.3 Å². The fraction of sp³-hybridized carbons (Fsp3) is 0.700. The molecular weight excluding hydrogens is 274 g/mol. The van der Waals surface area contributed by atoms with Gasteiger partial charge < -0.3 is 15.2 Å². The van der Waals surface area contributed by atoms with Crippen molar-refractivity contribution in [3.05, 3.63) is 0 Å². The summed E-state index contributed by atoms with van der Waals surface area (Å²) in [4.78, 5) is 10.4. The molecule has 1 fully saturated rings. The number of thioether (sulfide) groups is 1. The molecule has 2 unspecified atom stereocenters. The number of carboxylic acid groups (broad SMARTS) is 1. The van der Waals surface area contributed by atoms with Gasteiger partial charge in [0.05, 0.1) is 12.4 Å². The lowest BCUT2D eigenvalue weighted by molar-refractivity contribution is -0.133. The van der Waals surface area contributed by atoms with E-state index in [0.717, 1.165) is 24.8 Å². The Hall–Kier alpha value is -0.860. The van der Waals surface area contributed by atoms with E-state index in [1.807, 2.05) is 0 Å². The second-order valence-corrected chi connectivity index (χ2v) is 6.31. The van der Waals surface area contributed by atoms with Gasteiger partial charge in [-0.2, -0.15) is 0 Å². The molecule has 2 atom stereocenters. The van der Waals surface area contributed by atoms with Crippen LogP contribution in [0.5, 0.6) is 0 Å². The summed E-state index contributed by atoms with van der Waals surface area (Å²) in [5, 5.41) is 20.6. The van der Waals surface area contributed by atoms with E-state index < -0.39 is 5.97 Å². The third-order valence-corrected chi connectivity index (χ3v) is 4.72. The lowest BCUT2D eigenvalue weighted by Gasteiger charge is -2.17. The number of nitrogens with zero attached hydrogens (tertiary/aromatic N) is 2. The number of rotatable bonds is 6. The van der Waals surface area contributed by atoms with Crippen molar-refractivity contribution in [2.24, 2.45) is 5.92 Å². The molecule has 0 spiro atoms. The number of aliphatic carboxylic acids is 1. The Morgan fingerprint density at radius 2 is 2.56 bits per heavy atom. The Morgan fingerprint density at radius 3 is 3.22 bits per heavy atom.